The lowest BCUT2D eigenvalue weighted by Crippen LogP contribution is -2.49. The molecule has 3 rings (SSSR count). The molecule has 31 heavy (non-hydrogen) atoms. The first-order chi connectivity index (χ1) is 14.6. The van der Waals surface area contributed by atoms with E-state index in [4.69, 9.17) is 10.5 Å². The van der Waals surface area contributed by atoms with Gasteiger partial charge in [0.05, 0.1) is 23.4 Å². The van der Waals surface area contributed by atoms with Crippen molar-refractivity contribution < 1.29 is 26.8 Å². The van der Waals surface area contributed by atoms with E-state index in [0.29, 0.717) is 0 Å². The molecule has 0 aromatic heterocycles. The summed E-state index contributed by atoms with van der Waals surface area (Å²) in [5, 5.41) is 22.5. The zero-order valence-corrected chi connectivity index (χ0v) is 16.6. The van der Waals surface area contributed by atoms with Crippen LogP contribution in [-0.4, -0.2) is 31.2 Å². The van der Waals surface area contributed by atoms with Gasteiger partial charge in [-0.15, -0.1) is 0 Å². The fraction of sp³-hybridized carbons (Fsp3) is 0.158. The van der Waals surface area contributed by atoms with Crippen LogP contribution in [0.2, 0.25) is 0 Å². The second-order valence-electron chi connectivity index (χ2n) is 6.49. The summed E-state index contributed by atoms with van der Waals surface area (Å²) in [6.45, 7) is 0.433. The largest absolute Gasteiger partial charge is 0.348 e. The number of nitrogens with zero attached hydrogens (tertiary/aromatic N) is 3. The maximum atomic E-state index is 14.1. The van der Waals surface area contributed by atoms with E-state index in [9.17, 15) is 26.8 Å². The molecule has 0 bridgehead atoms. The van der Waals surface area contributed by atoms with E-state index >= 15 is 0 Å². The van der Waals surface area contributed by atoms with Crippen LogP contribution in [0.15, 0.2) is 35.2 Å². The minimum atomic E-state index is -4.72. The van der Waals surface area contributed by atoms with Crippen molar-refractivity contribution in [3.8, 4) is 12.1 Å². The number of fused-ring (bicyclic) bond motifs is 1. The fourth-order valence-corrected chi connectivity index (χ4v) is 4.60. The van der Waals surface area contributed by atoms with E-state index in [2.05, 4.69) is 10.6 Å². The van der Waals surface area contributed by atoms with Gasteiger partial charge < -0.3 is 10.6 Å². The number of urea groups is 1. The van der Waals surface area contributed by atoms with Gasteiger partial charge in [0.1, 0.15) is 34.7 Å². The average Bonchev–Trinajstić information content (AvgIpc) is 2.71. The van der Waals surface area contributed by atoms with Crippen molar-refractivity contribution in [3.63, 3.8) is 0 Å². The van der Waals surface area contributed by atoms with Gasteiger partial charge in [-0.1, -0.05) is 6.07 Å². The van der Waals surface area contributed by atoms with Crippen molar-refractivity contribution >= 4 is 27.6 Å². The number of halogens is 2. The molecule has 2 aromatic rings. The van der Waals surface area contributed by atoms with Crippen molar-refractivity contribution in [2.24, 2.45) is 0 Å². The highest BCUT2D eigenvalue weighted by molar-refractivity contribution is 7.90. The molecule has 0 fully saturated rings. The zero-order chi connectivity index (χ0) is 22.9. The molecule has 0 spiro atoms. The van der Waals surface area contributed by atoms with E-state index in [1.54, 1.807) is 6.07 Å². The minimum Gasteiger partial charge on any atom is -0.348 e. The van der Waals surface area contributed by atoms with Crippen LogP contribution < -0.4 is 10.6 Å². The van der Waals surface area contributed by atoms with Gasteiger partial charge in [0.15, 0.2) is 0 Å². The highest BCUT2D eigenvalue weighted by atomic mass is 32.2. The molecule has 0 unspecified atom stereocenters. The summed E-state index contributed by atoms with van der Waals surface area (Å²) in [6.07, 6.45) is 0. The zero-order valence-electron chi connectivity index (χ0n) is 15.8. The third-order valence-corrected chi connectivity index (χ3v) is 6.31. The van der Waals surface area contributed by atoms with E-state index in [0.717, 1.165) is 18.2 Å². The molecule has 0 saturated heterocycles. The van der Waals surface area contributed by atoms with Crippen molar-refractivity contribution in [2.45, 2.75) is 17.9 Å². The van der Waals surface area contributed by atoms with Crippen LogP contribution >= 0.6 is 0 Å². The maximum Gasteiger partial charge on any atom is 0.336 e. The molecule has 0 radical (unpaired) electrons. The number of sulfonamides is 1. The number of nitrogens with one attached hydrogen (secondary N) is 2. The molecule has 3 amide bonds. The number of anilines is 1. The van der Waals surface area contributed by atoms with Crippen molar-refractivity contribution in [2.75, 3.05) is 11.9 Å². The maximum absolute atomic E-state index is 14.1. The smallest absolute Gasteiger partial charge is 0.336 e. The molecule has 1 heterocycles. The lowest BCUT2D eigenvalue weighted by atomic mass is 10.1. The second kappa shape index (κ2) is 8.01. The van der Waals surface area contributed by atoms with E-state index < -0.39 is 56.6 Å². The quantitative estimate of drug-likeness (QED) is 0.738. The van der Waals surface area contributed by atoms with E-state index in [-0.39, 0.29) is 21.1 Å². The SMILES string of the molecule is C[C@H](NC(=O)CN1C(=O)Nc2ccc(F)c(C#N)c2S1(=O)=O)c1ccc(C#N)cc1F. The van der Waals surface area contributed by atoms with Gasteiger partial charge in [0.25, 0.3) is 10.0 Å². The van der Waals surface area contributed by atoms with Crippen molar-refractivity contribution in [1.82, 2.24) is 9.62 Å². The summed E-state index contributed by atoms with van der Waals surface area (Å²) in [7, 11) is -4.72. The number of carbonyl (C=O) groups excluding carboxylic acids is 2. The van der Waals surface area contributed by atoms with Gasteiger partial charge in [-0.2, -0.15) is 10.5 Å². The Bertz CT molecular complexity index is 1300. The molecule has 9 nitrogen and oxygen atoms in total. The van der Waals surface area contributed by atoms with Gasteiger partial charge in [-0.05, 0) is 31.2 Å². The summed E-state index contributed by atoms with van der Waals surface area (Å²) in [5.74, 6) is -2.80. The molecule has 2 aromatic carbocycles. The number of benzene rings is 2. The lowest BCUT2D eigenvalue weighted by molar-refractivity contribution is -0.121. The molecule has 2 N–H and O–H groups in total. The Kier molecular flexibility index (Phi) is 5.60. The third kappa shape index (κ3) is 3.89. The number of carbonyl (C=O) groups is 2. The van der Waals surface area contributed by atoms with Crippen LogP contribution in [-0.2, 0) is 14.8 Å². The van der Waals surface area contributed by atoms with Crippen LogP contribution in [0.4, 0.5) is 19.3 Å². The number of hydrogen-bond donors (Lipinski definition) is 2. The Hall–Kier alpha value is -4.03. The first-order valence-electron chi connectivity index (χ1n) is 8.65. The van der Waals surface area contributed by atoms with Crippen molar-refractivity contribution in [1.29, 1.82) is 10.5 Å². The Balaban J connectivity index is 1.85. The minimum absolute atomic E-state index is 0.0393. The molecule has 1 aliphatic rings. The van der Waals surface area contributed by atoms with E-state index in [1.165, 1.54) is 25.1 Å². The third-order valence-electron chi connectivity index (χ3n) is 4.50. The molecule has 1 aliphatic heterocycles. The van der Waals surface area contributed by atoms with Gasteiger partial charge >= 0.3 is 6.03 Å². The average molecular weight is 445 g/mol. The van der Waals surface area contributed by atoms with Gasteiger partial charge in [0, 0.05) is 5.56 Å². The van der Waals surface area contributed by atoms with Gasteiger partial charge in [0.2, 0.25) is 5.91 Å². The molecule has 0 saturated carbocycles. The topological polar surface area (TPSA) is 143 Å². The Morgan fingerprint density at radius 2 is 1.90 bits per heavy atom. The first kappa shape index (κ1) is 21.7. The molecular formula is C19H13F2N5O4S. The van der Waals surface area contributed by atoms with Crippen LogP contribution in [0.3, 0.4) is 0 Å². The number of rotatable bonds is 4. The van der Waals surface area contributed by atoms with Crippen LogP contribution in [0.25, 0.3) is 0 Å². The van der Waals surface area contributed by atoms with Crippen molar-refractivity contribution in [3.05, 3.63) is 58.7 Å². The molecular weight excluding hydrogens is 432 g/mol. The van der Waals surface area contributed by atoms with E-state index in [1.807, 2.05) is 0 Å². The standard InChI is InChI=1S/C19H13F2N5O4S/c1-10(12-3-2-11(7-22)6-15(12)21)24-17(27)9-26-19(28)25-16-5-4-14(20)13(8-23)18(16)31(26,29)30/h2-6,10H,9H2,1H3,(H,24,27)(H,25,28)/t10-/m0/s1. The number of hydrogen-bond acceptors (Lipinski definition) is 6. The first-order valence-corrected chi connectivity index (χ1v) is 10.1. The lowest BCUT2D eigenvalue weighted by Gasteiger charge is -2.29. The van der Waals surface area contributed by atoms with Crippen LogP contribution in [0.1, 0.15) is 29.7 Å². The highest BCUT2D eigenvalue weighted by Gasteiger charge is 2.40. The summed E-state index contributed by atoms with van der Waals surface area (Å²) in [4.78, 5) is 23.9. The Morgan fingerprint density at radius 1 is 1.19 bits per heavy atom. The van der Waals surface area contributed by atoms with Gasteiger partial charge in [-0.3, -0.25) is 4.79 Å². The fourth-order valence-electron chi connectivity index (χ4n) is 3.03. The normalized spacial score (nSPS) is 15.1. The summed E-state index contributed by atoms with van der Waals surface area (Å²) in [5.41, 5.74) is -0.962. The molecule has 0 aliphatic carbocycles. The Morgan fingerprint density at radius 3 is 2.52 bits per heavy atom. The monoisotopic (exact) mass is 445 g/mol. The summed E-state index contributed by atoms with van der Waals surface area (Å²) >= 11 is 0. The van der Waals surface area contributed by atoms with Gasteiger partial charge in [-0.25, -0.2) is 26.3 Å². The number of amides is 3. The predicted molar refractivity (Wildman–Crippen MR) is 102 cm³/mol. The van der Waals surface area contributed by atoms with Crippen LogP contribution in [0.5, 0.6) is 0 Å². The predicted octanol–water partition coefficient (Wildman–Crippen LogP) is 2.12. The number of nitriles is 2. The summed E-state index contributed by atoms with van der Waals surface area (Å²) < 4.78 is 53.9. The molecule has 1 atom stereocenters. The second-order valence-corrected chi connectivity index (χ2v) is 8.29. The highest BCUT2D eigenvalue weighted by Crippen LogP contribution is 2.34. The van der Waals surface area contributed by atoms with Crippen LogP contribution in [0, 0.1) is 34.3 Å². The molecule has 158 valence electrons. The Labute approximate surface area is 175 Å². The summed E-state index contributed by atoms with van der Waals surface area (Å²) in [6, 6.07) is 6.57. The molecule has 12 heteroatoms.